The number of fused-ring (bicyclic) bond motifs is 2. The van der Waals surface area contributed by atoms with E-state index in [9.17, 15) is 0 Å². The first kappa shape index (κ1) is 12.4. The maximum Gasteiger partial charge on any atom is 0.0306 e. The molecular weight excluding hydrogens is 196 g/mol. The Hall–Kier alpha value is -0.0800. The van der Waals surface area contributed by atoms with E-state index in [1.807, 2.05) is 0 Å². The van der Waals surface area contributed by atoms with Gasteiger partial charge in [-0.1, -0.05) is 13.8 Å². The first-order chi connectivity index (χ1) is 7.55. The summed E-state index contributed by atoms with van der Waals surface area (Å²) in [5.41, 5.74) is 6.33. The summed E-state index contributed by atoms with van der Waals surface area (Å²) in [6.45, 7) is 9.15. The molecule has 3 atom stereocenters. The van der Waals surface area contributed by atoms with E-state index in [4.69, 9.17) is 5.73 Å². The van der Waals surface area contributed by atoms with Gasteiger partial charge in [-0.2, -0.15) is 0 Å². The Morgan fingerprint density at radius 3 is 2.56 bits per heavy atom. The third-order valence-electron chi connectivity index (χ3n) is 4.80. The van der Waals surface area contributed by atoms with Crippen molar-refractivity contribution in [2.24, 2.45) is 17.6 Å². The fourth-order valence-electron chi connectivity index (χ4n) is 3.55. The first-order valence-corrected chi connectivity index (χ1v) is 7.02. The molecule has 2 bridgehead atoms. The van der Waals surface area contributed by atoms with Crippen molar-refractivity contribution in [3.8, 4) is 0 Å². The van der Waals surface area contributed by atoms with E-state index >= 15 is 0 Å². The van der Waals surface area contributed by atoms with Gasteiger partial charge in [-0.15, -0.1) is 0 Å². The lowest BCUT2D eigenvalue weighted by Gasteiger charge is -2.44. The van der Waals surface area contributed by atoms with Crippen LogP contribution in [0.2, 0.25) is 0 Å². The van der Waals surface area contributed by atoms with Gasteiger partial charge in [-0.05, 0) is 50.9 Å². The molecule has 3 unspecified atom stereocenters. The fourth-order valence-corrected chi connectivity index (χ4v) is 3.55. The molecule has 16 heavy (non-hydrogen) atoms. The lowest BCUT2D eigenvalue weighted by Crippen LogP contribution is -2.54. The molecule has 0 spiro atoms. The zero-order valence-corrected chi connectivity index (χ0v) is 11.2. The average Bonchev–Trinajstić information content (AvgIpc) is 2.87. The number of piperidine rings is 1. The largest absolute Gasteiger partial charge is 0.329 e. The lowest BCUT2D eigenvalue weighted by molar-refractivity contribution is 0.0630. The summed E-state index contributed by atoms with van der Waals surface area (Å²) in [5, 5.41) is 0. The third-order valence-corrected chi connectivity index (χ3v) is 4.80. The molecule has 2 rings (SSSR count). The predicted octanol–water partition coefficient (Wildman–Crippen LogP) is 2.62. The molecule has 2 nitrogen and oxygen atoms in total. The normalized spacial score (nSPS) is 33.6. The van der Waals surface area contributed by atoms with E-state index in [1.165, 1.54) is 38.6 Å². The molecule has 0 aromatic rings. The van der Waals surface area contributed by atoms with Crippen LogP contribution in [-0.2, 0) is 0 Å². The molecule has 1 heterocycles. The monoisotopic (exact) mass is 224 g/mol. The maximum absolute atomic E-state index is 6.06. The van der Waals surface area contributed by atoms with Crippen LogP contribution in [0.25, 0.3) is 0 Å². The van der Waals surface area contributed by atoms with Crippen LogP contribution < -0.4 is 5.73 Å². The molecular formula is C14H28N2. The minimum atomic E-state index is 0.268. The zero-order valence-electron chi connectivity index (χ0n) is 11.2. The van der Waals surface area contributed by atoms with E-state index in [0.717, 1.165) is 24.4 Å². The van der Waals surface area contributed by atoms with E-state index < -0.39 is 0 Å². The van der Waals surface area contributed by atoms with Gasteiger partial charge in [0.05, 0.1) is 0 Å². The van der Waals surface area contributed by atoms with Crippen LogP contribution in [0.3, 0.4) is 0 Å². The van der Waals surface area contributed by atoms with E-state index in [2.05, 4.69) is 25.7 Å². The molecule has 0 aromatic carbocycles. The Morgan fingerprint density at radius 1 is 1.38 bits per heavy atom. The maximum atomic E-state index is 6.06. The van der Waals surface area contributed by atoms with Crippen molar-refractivity contribution in [2.45, 2.75) is 64.5 Å². The van der Waals surface area contributed by atoms with Crippen LogP contribution >= 0.6 is 0 Å². The van der Waals surface area contributed by atoms with Crippen molar-refractivity contribution in [3.05, 3.63) is 0 Å². The fraction of sp³-hybridized carbons (Fsp3) is 1.00. The molecule has 2 aliphatic rings. The van der Waals surface area contributed by atoms with Gasteiger partial charge in [0.25, 0.3) is 0 Å². The summed E-state index contributed by atoms with van der Waals surface area (Å²) in [4.78, 5) is 2.74. The first-order valence-electron chi connectivity index (χ1n) is 7.02. The van der Waals surface area contributed by atoms with Gasteiger partial charge in [-0.3, -0.25) is 4.90 Å². The van der Waals surface area contributed by atoms with E-state index in [-0.39, 0.29) is 5.54 Å². The Morgan fingerprint density at radius 2 is 2.12 bits per heavy atom. The van der Waals surface area contributed by atoms with Gasteiger partial charge in [0.15, 0.2) is 0 Å². The van der Waals surface area contributed by atoms with Crippen molar-refractivity contribution in [2.75, 3.05) is 13.1 Å². The van der Waals surface area contributed by atoms with Crippen molar-refractivity contribution in [3.63, 3.8) is 0 Å². The minimum Gasteiger partial charge on any atom is -0.329 e. The van der Waals surface area contributed by atoms with Crippen LogP contribution in [-0.4, -0.2) is 29.6 Å². The molecule has 2 heteroatoms. The molecule has 0 amide bonds. The van der Waals surface area contributed by atoms with Gasteiger partial charge in [-0.25, -0.2) is 0 Å². The quantitative estimate of drug-likeness (QED) is 0.778. The SMILES string of the molecule is CC(C)CCC(C)(CN)N1CC2CCC1C2. The Kier molecular flexibility index (Phi) is 3.60. The van der Waals surface area contributed by atoms with Crippen molar-refractivity contribution < 1.29 is 0 Å². The molecule has 1 aliphatic carbocycles. The summed E-state index contributed by atoms with van der Waals surface area (Å²) >= 11 is 0. The Bertz CT molecular complexity index is 239. The standard InChI is InChI=1S/C14H28N2/c1-11(2)6-7-14(3,10-15)16-9-12-4-5-13(16)8-12/h11-13H,4-10,15H2,1-3H3. The average molecular weight is 224 g/mol. The topological polar surface area (TPSA) is 29.3 Å². The molecule has 94 valence electrons. The van der Waals surface area contributed by atoms with Crippen molar-refractivity contribution >= 4 is 0 Å². The van der Waals surface area contributed by atoms with Gasteiger partial charge < -0.3 is 5.73 Å². The molecule has 2 N–H and O–H groups in total. The smallest absolute Gasteiger partial charge is 0.0306 e. The summed E-state index contributed by atoms with van der Waals surface area (Å²) in [7, 11) is 0. The summed E-state index contributed by atoms with van der Waals surface area (Å²) in [5.74, 6) is 1.78. The van der Waals surface area contributed by atoms with Crippen LogP contribution in [0.4, 0.5) is 0 Å². The van der Waals surface area contributed by atoms with Crippen LogP contribution in [0.5, 0.6) is 0 Å². The molecule has 1 saturated carbocycles. The number of nitrogens with two attached hydrogens (primary N) is 1. The second kappa shape index (κ2) is 4.66. The summed E-state index contributed by atoms with van der Waals surface area (Å²) in [6, 6.07) is 0.853. The number of hydrogen-bond donors (Lipinski definition) is 1. The van der Waals surface area contributed by atoms with Crippen LogP contribution in [0.15, 0.2) is 0 Å². The zero-order chi connectivity index (χ0) is 11.8. The van der Waals surface area contributed by atoms with Crippen molar-refractivity contribution in [1.29, 1.82) is 0 Å². The number of likely N-dealkylation sites (tertiary alicyclic amines) is 1. The van der Waals surface area contributed by atoms with Gasteiger partial charge in [0, 0.05) is 24.7 Å². The highest BCUT2D eigenvalue weighted by atomic mass is 15.3. The predicted molar refractivity (Wildman–Crippen MR) is 69.4 cm³/mol. The second-order valence-corrected chi connectivity index (χ2v) is 6.62. The summed E-state index contributed by atoms with van der Waals surface area (Å²) in [6.07, 6.45) is 6.90. The van der Waals surface area contributed by atoms with Crippen LogP contribution in [0, 0.1) is 11.8 Å². The number of nitrogens with zero attached hydrogens (tertiary/aromatic N) is 1. The summed E-state index contributed by atoms with van der Waals surface area (Å²) < 4.78 is 0. The van der Waals surface area contributed by atoms with Crippen molar-refractivity contribution in [1.82, 2.24) is 4.90 Å². The highest BCUT2D eigenvalue weighted by Crippen LogP contribution is 2.42. The third kappa shape index (κ3) is 2.28. The van der Waals surface area contributed by atoms with E-state index in [1.54, 1.807) is 0 Å². The molecule has 0 aromatic heterocycles. The number of rotatable bonds is 5. The molecule has 2 fully saturated rings. The number of hydrogen-bond acceptors (Lipinski definition) is 2. The van der Waals surface area contributed by atoms with Gasteiger partial charge in [0.2, 0.25) is 0 Å². The van der Waals surface area contributed by atoms with Crippen LogP contribution in [0.1, 0.15) is 52.9 Å². The highest BCUT2D eigenvalue weighted by Gasteiger charge is 2.45. The Labute approximate surface area is 101 Å². The Balaban J connectivity index is 1.97. The second-order valence-electron chi connectivity index (χ2n) is 6.62. The minimum absolute atomic E-state index is 0.268. The highest BCUT2D eigenvalue weighted by molar-refractivity contribution is 5.00. The van der Waals surface area contributed by atoms with Gasteiger partial charge in [0.1, 0.15) is 0 Å². The lowest BCUT2D eigenvalue weighted by atomic mass is 9.88. The molecule has 0 radical (unpaired) electrons. The van der Waals surface area contributed by atoms with E-state index in [0.29, 0.717) is 0 Å². The molecule has 1 aliphatic heterocycles. The van der Waals surface area contributed by atoms with Gasteiger partial charge >= 0.3 is 0 Å². The molecule has 1 saturated heterocycles.